The number of hydrogen-bond acceptors (Lipinski definition) is 17. The smallest absolute Gasteiger partial charge is 0.386 e. The summed E-state index contributed by atoms with van der Waals surface area (Å²) in [6.07, 6.45) is -4.88. The lowest BCUT2D eigenvalue weighted by atomic mass is 9.38. The van der Waals surface area contributed by atoms with Gasteiger partial charge in [-0.3, -0.25) is 27.7 Å². The molecule has 0 bridgehead atoms. The van der Waals surface area contributed by atoms with E-state index in [1.165, 1.54) is 25.5 Å². The number of halogens is 1. The van der Waals surface area contributed by atoms with Crippen LogP contribution in [0.25, 0.3) is 11.2 Å². The van der Waals surface area contributed by atoms with Gasteiger partial charge >= 0.3 is 23.5 Å². The van der Waals surface area contributed by atoms with Crippen molar-refractivity contribution < 1.29 is 75.7 Å². The number of fused-ring (bicyclic) bond motifs is 1. The van der Waals surface area contributed by atoms with E-state index in [9.17, 15) is 53.1 Å². The van der Waals surface area contributed by atoms with Gasteiger partial charge in [-0.05, 0) is 5.75 Å². The summed E-state index contributed by atoms with van der Waals surface area (Å²) in [6.45, 7) is 0.821. The number of rotatable bonds is 22. The van der Waals surface area contributed by atoms with E-state index in [-0.39, 0.29) is 35.9 Å². The van der Waals surface area contributed by atoms with E-state index in [0.717, 1.165) is 17.2 Å². The summed E-state index contributed by atoms with van der Waals surface area (Å²) < 4.78 is 62.0. The van der Waals surface area contributed by atoms with Crippen LogP contribution in [0.5, 0.6) is 0 Å². The number of carbonyl (C=O) groups is 2. The minimum Gasteiger partial charge on any atom is -0.386 e. The highest BCUT2D eigenvalue weighted by Gasteiger charge is 2.50. The van der Waals surface area contributed by atoms with Crippen molar-refractivity contribution in [3.8, 4) is 0 Å². The molecule has 7 atom stereocenters. The molecular formula is C21H35B3IN7O16P3S. The molecule has 52 heavy (non-hydrogen) atoms. The highest BCUT2D eigenvalue weighted by molar-refractivity contribution is 14.1. The third kappa shape index (κ3) is 13.8. The first-order valence-corrected chi connectivity index (χ1v) is 21.6. The zero-order chi connectivity index (χ0) is 38.9. The summed E-state index contributed by atoms with van der Waals surface area (Å²) >= 11 is 3.57. The Bertz CT molecular complexity index is 1680. The van der Waals surface area contributed by atoms with Crippen LogP contribution in [-0.4, -0.2) is 136 Å². The number of phosphoric ester groups is 3. The maximum absolute atomic E-state index is 12.6. The first-order valence-electron chi connectivity index (χ1n) is 14.8. The topological polar surface area (TPSA) is 347 Å². The predicted molar refractivity (Wildman–Crippen MR) is 193 cm³/mol. The van der Waals surface area contributed by atoms with Gasteiger partial charge in [0.1, 0.15) is 47.7 Å². The molecule has 1 aliphatic rings. The normalized spacial score (nSPS) is 22.2. The van der Waals surface area contributed by atoms with Gasteiger partial charge in [0, 0.05) is 24.9 Å². The number of carbonyl (C=O) groups excluding carboxylic acids is 2. The van der Waals surface area contributed by atoms with Crippen molar-refractivity contribution >= 4 is 105 Å². The van der Waals surface area contributed by atoms with Gasteiger partial charge in [-0.1, -0.05) is 13.8 Å². The van der Waals surface area contributed by atoms with E-state index in [1.54, 1.807) is 0 Å². The second kappa shape index (κ2) is 19.6. The summed E-state index contributed by atoms with van der Waals surface area (Å²) in [7, 11) is -14.5. The minimum atomic E-state index is -5.55. The standard InChI is InChI=1S/C21H35B3IN7O16P3S/c1-21(2,16(35)19(36)28-4-3-12(33)27-5-6-52-24-22-23-25)8-45-51(42,43)48-50(40,41)44-7-11-15(47-49(37,38)39)14(34)20(46-11)32-10-31-13-17(26)29-9-30-18(13)32/h9-11,14-16,20,34-35H,3-8H2,1-2H3,(H,27,33)(H,28,36)(H,40,41)(H,42,43)(H2,26,29,30)(H2,37,38,39). The van der Waals surface area contributed by atoms with Crippen molar-refractivity contribution in [1.82, 2.24) is 30.2 Å². The number of imidazole rings is 1. The minimum absolute atomic E-state index is 0.0360. The van der Waals surface area contributed by atoms with Gasteiger partial charge in [0.2, 0.25) is 11.8 Å². The summed E-state index contributed by atoms with van der Waals surface area (Å²) in [6, 6.07) is 0. The molecule has 7 unspecified atom stereocenters. The Morgan fingerprint density at radius 1 is 1.13 bits per heavy atom. The van der Waals surface area contributed by atoms with E-state index >= 15 is 0 Å². The first-order chi connectivity index (χ1) is 24.2. The number of nitrogens with zero attached hydrogens (tertiary/aromatic N) is 4. The Morgan fingerprint density at radius 2 is 1.83 bits per heavy atom. The number of anilines is 1. The molecule has 0 aromatic carbocycles. The van der Waals surface area contributed by atoms with Gasteiger partial charge < -0.3 is 50.9 Å². The number of phosphoric acid groups is 3. The van der Waals surface area contributed by atoms with E-state index in [2.05, 4.69) is 56.8 Å². The first kappa shape index (κ1) is 45.2. The van der Waals surface area contributed by atoms with E-state index in [1.807, 2.05) is 18.5 Å². The number of amides is 2. The van der Waals surface area contributed by atoms with Gasteiger partial charge in [0.05, 0.1) is 26.6 Å². The Hall–Kier alpha value is -1.19. The molecule has 1 saturated heterocycles. The van der Waals surface area contributed by atoms with Crippen LogP contribution in [-0.2, 0) is 45.9 Å². The number of aliphatic hydroxyl groups is 2. The molecule has 3 radical (unpaired) electrons. The Balaban J connectivity index is 1.53. The molecule has 0 spiro atoms. The zero-order valence-electron chi connectivity index (χ0n) is 27.3. The van der Waals surface area contributed by atoms with Gasteiger partial charge in [0.15, 0.2) is 17.7 Å². The molecule has 23 nitrogen and oxygen atoms in total. The van der Waals surface area contributed by atoms with E-state index in [4.69, 9.17) is 19.5 Å². The molecule has 2 aromatic rings. The average molecular weight is 926 g/mol. The summed E-state index contributed by atoms with van der Waals surface area (Å²) in [5, 5.41) is 28.2. The van der Waals surface area contributed by atoms with Crippen LogP contribution in [0, 0.1) is 5.41 Å². The molecular weight excluding hydrogens is 891 g/mol. The van der Waals surface area contributed by atoms with E-state index < -0.39 is 78.6 Å². The molecule has 1 fully saturated rings. The molecule has 3 rings (SSSR count). The monoisotopic (exact) mass is 926 g/mol. The molecule has 287 valence electrons. The number of nitrogen functional groups attached to an aromatic ring is 1. The second-order valence-corrected chi connectivity index (χ2v) is 17.4. The van der Waals surface area contributed by atoms with Crippen molar-refractivity contribution in [2.45, 2.75) is 50.9 Å². The Labute approximate surface area is 316 Å². The molecule has 1 aliphatic heterocycles. The van der Waals surface area contributed by atoms with Crippen LogP contribution < -0.4 is 16.4 Å². The highest BCUT2D eigenvalue weighted by Crippen LogP contribution is 2.61. The molecule has 10 N–H and O–H groups in total. The van der Waals surface area contributed by atoms with Crippen LogP contribution >= 0.6 is 57.5 Å². The quantitative estimate of drug-likeness (QED) is 0.0276. The lowest BCUT2D eigenvalue weighted by Gasteiger charge is -2.30. The van der Waals surface area contributed by atoms with Crippen molar-refractivity contribution in [3.05, 3.63) is 12.7 Å². The average Bonchev–Trinajstić information content (AvgIpc) is 3.60. The SMILES string of the molecule is CC(C)(COP(=O)(O)OP(=O)(O)OCC1OC(n2cnc3c(N)ncnc32)C(O)C1OP(=O)(O)O)C(O)C(=O)NCCC(=O)NCCS[B][B][B]I. The molecule has 3 heterocycles. The fourth-order valence-electron chi connectivity index (χ4n) is 4.34. The number of hydrogen-bond donors (Lipinski definition) is 9. The maximum Gasteiger partial charge on any atom is 0.481 e. The van der Waals surface area contributed by atoms with Gasteiger partial charge in [-0.2, -0.15) is 26.7 Å². The summed E-state index contributed by atoms with van der Waals surface area (Å²) in [4.78, 5) is 75.3. The highest BCUT2D eigenvalue weighted by atomic mass is 127. The molecule has 2 amide bonds. The molecule has 0 aliphatic carbocycles. The molecule has 0 saturated carbocycles. The van der Waals surface area contributed by atoms with Gasteiger partial charge in [-0.25, -0.2) is 40.3 Å². The third-order valence-electron chi connectivity index (χ3n) is 6.87. The fourth-order valence-corrected chi connectivity index (χ4v) is 8.21. The van der Waals surface area contributed by atoms with Crippen molar-refractivity contribution in [1.29, 1.82) is 0 Å². The number of aliphatic hydroxyl groups excluding tert-OH is 2. The summed E-state index contributed by atoms with van der Waals surface area (Å²) in [5.74, 6) is -0.685. The van der Waals surface area contributed by atoms with Gasteiger partial charge in [0.25, 0.3) is 0 Å². The molecule has 2 aromatic heterocycles. The third-order valence-corrected chi connectivity index (χ3v) is 11.2. The second-order valence-electron chi connectivity index (χ2n) is 11.4. The number of aromatic nitrogens is 4. The van der Waals surface area contributed by atoms with Crippen LogP contribution in [0.1, 0.15) is 26.5 Å². The summed E-state index contributed by atoms with van der Waals surface area (Å²) in [5.41, 5.74) is 4.31. The van der Waals surface area contributed by atoms with Crippen molar-refractivity contribution in [2.75, 3.05) is 37.8 Å². The lowest BCUT2D eigenvalue weighted by Crippen LogP contribution is -2.46. The number of nitrogens with one attached hydrogen (secondary N) is 2. The number of nitrogens with two attached hydrogens (primary N) is 1. The Morgan fingerprint density at radius 3 is 2.50 bits per heavy atom. The van der Waals surface area contributed by atoms with Crippen molar-refractivity contribution in [3.63, 3.8) is 0 Å². The van der Waals surface area contributed by atoms with Gasteiger partial charge in [-0.15, -0.1) is 0 Å². The van der Waals surface area contributed by atoms with Crippen LogP contribution in [0.2, 0.25) is 0 Å². The lowest BCUT2D eigenvalue weighted by molar-refractivity contribution is -0.137. The van der Waals surface area contributed by atoms with Crippen molar-refractivity contribution in [2.24, 2.45) is 5.41 Å². The van der Waals surface area contributed by atoms with Crippen LogP contribution in [0.15, 0.2) is 12.7 Å². The Kier molecular flexibility index (Phi) is 17.0. The maximum atomic E-state index is 12.6. The molecule has 31 heteroatoms. The van der Waals surface area contributed by atoms with Crippen LogP contribution in [0.4, 0.5) is 5.82 Å². The van der Waals surface area contributed by atoms with E-state index in [0.29, 0.717) is 12.3 Å². The predicted octanol–water partition coefficient (Wildman–Crippen LogP) is -1.65. The number of ether oxygens (including phenoxy) is 1. The zero-order valence-corrected chi connectivity index (χ0v) is 32.9. The fraction of sp³-hybridized carbons (Fsp3) is 0.667. The largest absolute Gasteiger partial charge is 0.481 e. The van der Waals surface area contributed by atoms with Crippen LogP contribution in [0.3, 0.4) is 0 Å².